The molecule has 0 fully saturated rings. The van der Waals surface area contributed by atoms with Crippen LogP contribution in [0.2, 0.25) is 0 Å². The van der Waals surface area contributed by atoms with Gasteiger partial charge < -0.3 is 14.2 Å². The molecule has 1 atom stereocenters. The van der Waals surface area contributed by atoms with Crippen LogP contribution in [0.3, 0.4) is 0 Å². The van der Waals surface area contributed by atoms with Gasteiger partial charge in [0.15, 0.2) is 0 Å². The predicted molar refractivity (Wildman–Crippen MR) is 151 cm³/mol. The molecule has 3 rings (SSSR count). The Morgan fingerprint density at radius 1 is 0.703 bits per heavy atom. The average molecular weight is 503 g/mol. The molecule has 0 saturated heterocycles. The number of benzene rings is 3. The van der Waals surface area contributed by atoms with Gasteiger partial charge in [-0.2, -0.15) is 0 Å². The van der Waals surface area contributed by atoms with E-state index in [1.54, 1.807) is 12.1 Å². The molecule has 4 heteroatoms. The summed E-state index contributed by atoms with van der Waals surface area (Å²) in [6.07, 6.45) is 8.60. The van der Waals surface area contributed by atoms with Crippen LogP contribution in [0.25, 0.3) is 11.1 Å². The van der Waals surface area contributed by atoms with Gasteiger partial charge in [-0.25, -0.2) is 4.79 Å². The van der Waals surface area contributed by atoms with Gasteiger partial charge >= 0.3 is 5.97 Å². The third-order valence-electron chi connectivity index (χ3n) is 6.60. The molecule has 1 unspecified atom stereocenters. The van der Waals surface area contributed by atoms with Crippen LogP contribution in [-0.4, -0.2) is 19.2 Å². The Bertz CT molecular complexity index is 1040. The lowest BCUT2D eigenvalue weighted by molar-refractivity contribution is 0.0447. The first kappa shape index (κ1) is 28.3. The van der Waals surface area contributed by atoms with E-state index in [0.717, 1.165) is 47.6 Å². The topological polar surface area (TPSA) is 44.8 Å². The minimum Gasteiger partial charge on any atom is -0.494 e. The van der Waals surface area contributed by atoms with Gasteiger partial charge in [-0.1, -0.05) is 95.7 Å². The van der Waals surface area contributed by atoms with Crippen LogP contribution in [0.5, 0.6) is 11.5 Å². The lowest BCUT2D eigenvalue weighted by Crippen LogP contribution is -2.11. The summed E-state index contributed by atoms with van der Waals surface area (Å²) in [6.45, 7) is 8.07. The highest BCUT2D eigenvalue weighted by Crippen LogP contribution is 2.25. The Morgan fingerprint density at radius 2 is 1.27 bits per heavy atom. The maximum absolute atomic E-state index is 12.2. The van der Waals surface area contributed by atoms with Crippen LogP contribution >= 0.6 is 0 Å². The molecule has 3 aromatic rings. The van der Waals surface area contributed by atoms with Crippen molar-refractivity contribution in [3.63, 3.8) is 0 Å². The minimum atomic E-state index is -0.277. The normalized spacial score (nSPS) is 11.6. The smallest absolute Gasteiger partial charge is 0.338 e. The average Bonchev–Trinajstić information content (AvgIpc) is 2.95. The molecule has 0 bridgehead atoms. The monoisotopic (exact) mass is 502 g/mol. The van der Waals surface area contributed by atoms with Crippen molar-refractivity contribution in [3.05, 3.63) is 83.9 Å². The van der Waals surface area contributed by atoms with Crippen LogP contribution in [-0.2, 0) is 11.3 Å². The van der Waals surface area contributed by atoms with Gasteiger partial charge in [0.05, 0.1) is 18.8 Å². The molecule has 198 valence electrons. The predicted octanol–water partition coefficient (Wildman–Crippen LogP) is 8.87. The molecule has 0 aromatic heterocycles. The SMILES string of the molecule is CCCCCCCCOc1ccc(-c2ccc(OCc3ccc(C(=O)OCC(C)CC)cc3)cc2)cc1. The summed E-state index contributed by atoms with van der Waals surface area (Å²) in [4.78, 5) is 12.2. The fourth-order valence-electron chi connectivity index (χ4n) is 3.88. The molecule has 0 amide bonds. The maximum Gasteiger partial charge on any atom is 0.338 e. The summed E-state index contributed by atoms with van der Waals surface area (Å²) < 4.78 is 17.2. The highest BCUT2D eigenvalue weighted by molar-refractivity contribution is 5.89. The molecule has 0 spiro atoms. The summed E-state index contributed by atoms with van der Waals surface area (Å²) in [5, 5.41) is 0. The summed E-state index contributed by atoms with van der Waals surface area (Å²) in [5.74, 6) is 1.82. The van der Waals surface area contributed by atoms with Crippen LogP contribution < -0.4 is 9.47 Å². The molecule has 0 radical (unpaired) electrons. The van der Waals surface area contributed by atoms with E-state index in [-0.39, 0.29) is 5.97 Å². The van der Waals surface area contributed by atoms with E-state index in [1.807, 2.05) is 36.4 Å². The Morgan fingerprint density at radius 3 is 1.86 bits per heavy atom. The lowest BCUT2D eigenvalue weighted by atomic mass is 10.1. The molecule has 0 N–H and O–H groups in total. The van der Waals surface area contributed by atoms with E-state index in [4.69, 9.17) is 14.2 Å². The van der Waals surface area contributed by atoms with Crippen molar-refractivity contribution in [2.75, 3.05) is 13.2 Å². The summed E-state index contributed by atoms with van der Waals surface area (Å²) in [5.41, 5.74) is 3.85. The summed E-state index contributed by atoms with van der Waals surface area (Å²) >= 11 is 0. The second kappa shape index (κ2) is 15.8. The van der Waals surface area contributed by atoms with Gasteiger partial charge in [-0.15, -0.1) is 0 Å². The van der Waals surface area contributed by atoms with Crippen molar-refractivity contribution < 1.29 is 19.0 Å². The zero-order valence-corrected chi connectivity index (χ0v) is 22.7. The number of unbranched alkanes of at least 4 members (excludes halogenated alkanes) is 5. The third-order valence-corrected chi connectivity index (χ3v) is 6.60. The first-order valence-corrected chi connectivity index (χ1v) is 13.8. The van der Waals surface area contributed by atoms with Gasteiger partial charge in [-0.05, 0) is 65.4 Å². The molecule has 0 aliphatic carbocycles. The first-order valence-electron chi connectivity index (χ1n) is 13.8. The van der Waals surface area contributed by atoms with Crippen LogP contribution in [0.15, 0.2) is 72.8 Å². The summed E-state index contributed by atoms with van der Waals surface area (Å²) in [7, 11) is 0. The second-order valence-corrected chi connectivity index (χ2v) is 9.76. The van der Waals surface area contributed by atoms with Crippen LogP contribution in [0.1, 0.15) is 81.6 Å². The van der Waals surface area contributed by atoms with Crippen molar-refractivity contribution in [1.82, 2.24) is 0 Å². The van der Waals surface area contributed by atoms with E-state index >= 15 is 0 Å². The van der Waals surface area contributed by atoms with Crippen molar-refractivity contribution >= 4 is 5.97 Å². The Balaban J connectivity index is 1.42. The second-order valence-electron chi connectivity index (χ2n) is 9.76. The zero-order chi connectivity index (χ0) is 26.3. The first-order chi connectivity index (χ1) is 18.1. The number of carbonyl (C=O) groups is 1. The molecule has 0 saturated carbocycles. The van der Waals surface area contributed by atoms with E-state index in [2.05, 4.69) is 45.0 Å². The van der Waals surface area contributed by atoms with Crippen LogP contribution in [0.4, 0.5) is 0 Å². The lowest BCUT2D eigenvalue weighted by Gasteiger charge is -2.11. The van der Waals surface area contributed by atoms with Gasteiger partial charge in [-0.3, -0.25) is 0 Å². The Labute approximate surface area is 223 Å². The van der Waals surface area contributed by atoms with Crippen molar-refractivity contribution in [1.29, 1.82) is 0 Å². The minimum absolute atomic E-state index is 0.277. The molecular formula is C33H42O4. The number of hydrogen-bond acceptors (Lipinski definition) is 4. The molecule has 0 heterocycles. The van der Waals surface area contributed by atoms with E-state index in [0.29, 0.717) is 24.7 Å². The van der Waals surface area contributed by atoms with E-state index in [1.165, 1.54) is 32.1 Å². The highest BCUT2D eigenvalue weighted by atomic mass is 16.5. The van der Waals surface area contributed by atoms with Gasteiger partial charge in [0.2, 0.25) is 0 Å². The fraction of sp³-hybridized carbons (Fsp3) is 0.424. The van der Waals surface area contributed by atoms with Gasteiger partial charge in [0.1, 0.15) is 18.1 Å². The molecule has 4 nitrogen and oxygen atoms in total. The Kier molecular flexibility index (Phi) is 12.1. The molecule has 3 aromatic carbocycles. The number of esters is 1. The van der Waals surface area contributed by atoms with E-state index in [9.17, 15) is 4.79 Å². The van der Waals surface area contributed by atoms with Crippen molar-refractivity contribution in [2.45, 2.75) is 72.3 Å². The zero-order valence-electron chi connectivity index (χ0n) is 22.7. The standard InChI is InChI=1S/C33H42O4/c1-4-6-7-8-9-10-23-35-31-19-15-28(16-20-31)29-17-21-32(22-18-29)36-25-27-11-13-30(14-12-27)33(34)37-24-26(3)5-2/h11-22,26H,4-10,23-25H2,1-3H3. The molecule has 37 heavy (non-hydrogen) atoms. The van der Waals surface area contributed by atoms with Crippen molar-refractivity contribution in [3.8, 4) is 22.6 Å². The molecule has 0 aliphatic rings. The molecular weight excluding hydrogens is 460 g/mol. The Hall–Kier alpha value is -3.27. The van der Waals surface area contributed by atoms with Gasteiger partial charge in [0, 0.05) is 0 Å². The van der Waals surface area contributed by atoms with Crippen LogP contribution in [0, 0.1) is 5.92 Å². The largest absolute Gasteiger partial charge is 0.494 e. The number of carbonyl (C=O) groups excluding carboxylic acids is 1. The van der Waals surface area contributed by atoms with E-state index < -0.39 is 0 Å². The fourth-order valence-corrected chi connectivity index (χ4v) is 3.88. The summed E-state index contributed by atoms with van der Waals surface area (Å²) in [6, 6.07) is 23.8. The number of ether oxygens (including phenoxy) is 3. The third kappa shape index (κ3) is 9.95. The maximum atomic E-state index is 12.2. The number of hydrogen-bond donors (Lipinski definition) is 0. The van der Waals surface area contributed by atoms with Crippen molar-refractivity contribution in [2.24, 2.45) is 5.92 Å². The highest BCUT2D eigenvalue weighted by Gasteiger charge is 2.09. The molecule has 0 aliphatic heterocycles. The quantitative estimate of drug-likeness (QED) is 0.145. The number of rotatable bonds is 16. The van der Waals surface area contributed by atoms with Gasteiger partial charge in [0.25, 0.3) is 0 Å².